The molecule has 0 aliphatic heterocycles. The molecule has 15 aromatic rings. The first-order valence-corrected chi connectivity index (χ1v) is 24.0. The highest BCUT2D eigenvalue weighted by Crippen LogP contribution is 2.67. The number of hydrogen-bond acceptors (Lipinski definition) is 3. The molecule has 2 unspecified atom stereocenters. The van der Waals surface area contributed by atoms with Gasteiger partial charge in [-0.25, -0.2) is 4.79 Å². The van der Waals surface area contributed by atoms with E-state index >= 15 is 0 Å². The normalized spacial score (nSPS) is 17.4. The Hall–Kier alpha value is -6.25. The van der Waals surface area contributed by atoms with Crippen molar-refractivity contribution in [2.24, 2.45) is 0 Å². The van der Waals surface area contributed by atoms with Crippen LogP contribution in [0.3, 0.4) is 0 Å². The zero-order valence-electron chi connectivity index (χ0n) is 33.7. The van der Waals surface area contributed by atoms with Crippen LogP contribution < -0.4 is 0 Å². The van der Waals surface area contributed by atoms with Crippen LogP contribution in [0.1, 0.15) is 65.6 Å². The molecule has 0 saturated heterocycles. The topological polar surface area (TPSA) is 35.5 Å². The molecule has 0 spiro atoms. The van der Waals surface area contributed by atoms with Crippen LogP contribution in [0.15, 0.2) is 66.7 Å². The second kappa shape index (κ2) is 8.84. The van der Waals surface area contributed by atoms with Gasteiger partial charge in [0, 0.05) is 21.9 Å². The Bertz CT molecular complexity index is 4280. The van der Waals surface area contributed by atoms with E-state index in [1.54, 1.807) is 0 Å². The lowest BCUT2D eigenvalue weighted by Gasteiger charge is -2.42. The first-order valence-electron chi connectivity index (χ1n) is 21.1. The lowest BCUT2D eigenvalue weighted by atomic mass is 9.86. The van der Waals surface area contributed by atoms with E-state index in [9.17, 15) is 4.79 Å². The minimum absolute atomic E-state index is 0.0890. The third-order valence-corrected chi connectivity index (χ3v) is 20.8. The Balaban J connectivity index is 1.20. The van der Waals surface area contributed by atoms with Crippen molar-refractivity contribution in [1.82, 2.24) is 0 Å². The van der Waals surface area contributed by atoms with E-state index in [1.165, 1.54) is 129 Å². The Morgan fingerprint density at radius 1 is 0.508 bits per heavy atom. The van der Waals surface area contributed by atoms with Crippen LogP contribution in [0.4, 0.5) is 0 Å². The van der Waals surface area contributed by atoms with Gasteiger partial charge in [0.2, 0.25) is 0 Å². The van der Waals surface area contributed by atoms with Gasteiger partial charge in [-0.2, -0.15) is 0 Å². The van der Waals surface area contributed by atoms with E-state index in [0.29, 0.717) is 5.56 Å². The molecule has 2 atom stereocenters. The number of hydrogen-bond donors (Lipinski definition) is 0. The molecule has 276 valence electrons. The monoisotopic (exact) mass is 770 g/mol. The fourth-order valence-electron chi connectivity index (χ4n) is 13.1. The zero-order valence-corrected chi connectivity index (χ0v) is 34.7. The van der Waals surface area contributed by atoms with Gasteiger partial charge in [-0.05, 0) is 185 Å². The number of esters is 1. The van der Waals surface area contributed by atoms with Gasteiger partial charge in [-0.3, -0.25) is 0 Å². The van der Waals surface area contributed by atoms with Crippen LogP contribution in [0.2, 0.25) is 18.1 Å². The number of ether oxygens (including phenoxy) is 1. The molecule has 15 aromatic carbocycles. The maximum absolute atomic E-state index is 14.9. The maximum atomic E-state index is 14.9. The molecule has 0 saturated carbocycles. The zero-order chi connectivity index (χ0) is 39.2. The van der Waals surface area contributed by atoms with Gasteiger partial charge >= 0.3 is 5.97 Å². The summed E-state index contributed by atoms with van der Waals surface area (Å²) >= 11 is 0. The summed E-state index contributed by atoms with van der Waals surface area (Å²) in [7, 11) is -2.49. The molecule has 4 heteroatoms. The van der Waals surface area contributed by atoms with Gasteiger partial charge < -0.3 is 9.16 Å². The van der Waals surface area contributed by atoms with Crippen molar-refractivity contribution in [2.45, 2.75) is 65.0 Å². The molecule has 59 heavy (non-hydrogen) atoms. The quantitative estimate of drug-likeness (QED) is 0.102. The number of carbonyl (C=O) groups is 1. The van der Waals surface area contributed by atoms with Crippen molar-refractivity contribution >= 4 is 154 Å². The van der Waals surface area contributed by atoms with Gasteiger partial charge in [0.15, 0.2) is 14.4 Å². The summed E-state index contributed by atoms with van der Waals surface area (Å²) in [6, 6.07) is 32.7. The predicted molar refractivity (Wildman–Crippen MR) is 249 cm³/mol. The number of rotatable bonds is 4. The van der Waals surface area contributed by atoms with E-state index in [1.807, 2.05) is 32.0 Å². The molecular formula is C55H34O3Si. The lowest BCUT2D eigenvalue weighted by Crippen LogP contribution is -2.43. The van der Waals surface area contributed by atoms with E-state index in [4.69, 9.17) is 9.16 Å². The van der Waals surface area contributed by atoms with Crippen molar-refractivity contribution < 1.29 is 14.0 Å². The van der Waals surface area contributed by atoms with Crippen molar-refractivity contribution in [1.29, 1.82) is 0 Å². The lowest BCUT2D eigenvalue weighted by molar-refractivity contribution is -0.0149. The minimum Gasteiger partial charge on any atom is -0.451 e. The summed E-state index contributed by atoms with van der Waals surface area (Å²) in [5, 5.41) is 34.3. The average Bonchev–Trinajstić information content (AvgIpc) is 4.02. The summed E-state index contributed by atoms with van der Waals surface area (Å²) in [5.74, 6) is -0.298. The fourth-order valence-corrected chi connectivity index (χ4v) is 14.3. The summed E-state index contributed by atoms with van der Waals surface area (Å²) in [6.45, 7) is 15.6. The van der Waals surface area contributed by atoms with Crippen LogP contribution in [0.5, 0.6) is 0 Å². The molecule has 0 N–H and O–H groups in total. The van der Waals surface area contributed by atoms with E-state index in [-0.39, 0.29) is 11.0 Å². The minimum atomic E-state index is -2.49. The van der Waals surface area contributed by atoms with Crippen LogP contribution in [-0.2, 0) is 9.16 Å². The molecule has 0 aromatic heterocycles. The van der Waals surface area contributed by atoms with E-state index < -0.39 is 20.5 Å². The highest BCUT2D eigenvalue weighted by atomic mass is 28.4. The maximum Gasteiger partial charge on any atom is 0.339 e. The van der Waals surface area contributed by atoms with Crippen molar-refractivity contribution in [3.05, 3.63) is 107 Å². The Morgan fingerprint density at radius 2 is 0.966 bits per heavy atom. The molecule has 0 radical (unpaired) electrons. The molecule has 0 heterocycles. The molecule has 4 bridgehead atoms. The van der Waals surface area contributed by atoms with Crippen LogP contribution >= 0.6 is 0 Å². The highest BCUT2D eigenvalue weighted by Gasteiger charge is 2.48. The first-order chi connectivity index (χ1) is 28.4. The largest absolute Gasteiger partial charge is 0.451 e. The molecule has 1 aliphatic carbocycles. The third kappa shape index (κ3) is 2.91. The van der Waals surface area contributed by atoms with Gasteiger partial charge in [-0.15, -0.1) is 0 Å². The van der Waals surface area contributed by atoms with Crippen molar-refractivity contribution in [3.8, 4) is 0 Å². The summed E-state index contributed by atoms with van der Waals surface area (Å²) in [6.07, 6.45) is -1.23. The van der Waals surface area contributed by atoms with Crippen molar-refractivity contribution in [3.63, 3.8) is 0 Å². The fraction of sp³-hybridized carbons (Fsp3) is 0.182. The second-order valence-electron chi connectivity index (χ2n) is 19.9. The first kappa shape index (κ1) is 30.8. The predicted octanol–water partition coefficient (Wildman–Crippen LogP) is 15.2. The van der Waals surface area contributed by atoms with Gasteiger partial charge in [0.1, 0.15) is 6.10 Å². The number of aryl methyl sites for hydroxylation is 2. The standard InChI is InChI=1S/C55H34O3Si/c1-21-9-8-10-22(2)33(21)54(56)57-52-44-30-18-17-29-28-16-15-27-26-14-13-25-23-11-12-24-20-32-41(34(24)53(52)58-59(6,7)55(3,4)5)47(44)48-40(30)39(29)46-38(28)37(27)45-36(26)35(25)31(19-23)42-43(32)50(48)51(46)49(42)45/h8-10,13-20,52-53H,1-7H3. The molecule has 16 rings (SSSR count). The smallest absolute Gasteiger partial charge is 0.339 e. The highest BCUT2D eigenvalue weighted by molar-refractivity contribution is 6.74. The van der Waals surface area contributed by atoms with Gasteiger partial charge in [0.25, 0.3) is 0 Å². The molecule has 1 aliphatic rings. The van der Waals surface area contributed by atoms with E-state index in [0.717, 1.165) is 33.0 Å². The number of benzene rings is 8. The summed E-state index contributed by atoms with van der Waals surface area (Å²) < 4.78 is 14.9. The molecule has 0 amide bonds. The SMILES string of the molecule is Cc1cccc(C)c1C(=O)OC1c2c3ccc4c5ccc6c7ccc8c9c#cc%10cc%11c(c%10C1O[Si](C)(C)C(C)(C)C)c2c1c3c4c2c5c6c3c7c8c(c9)c4c%11c1c2c43. The summed E-state index contributed by atoms with van der Waals surface area (Å²) in [5.41, 5.74) is 4.66. The Labute approximate surface area is 338 Å². The van der Waals surface area contributed by atoms with Gasteiger partial charge in [-0.1, -0.05) is 87.5 Å². The number of fused-ring (bicyclic) bond motifs is 7. The molecule has 3 nitrogen and oxygen atoms in total. The Morgan fingerprint density at radius 3 is 1.59 bits per heavy atom. The third-order valence-electron chi connectivity index (χ3n) is 16.3. The van der Waals surface area contributed by atoms with Crippen LogP contribution in [-0.4, -0.2) is 14.3 Å². The second-order valence-corrected chi connectivity index (χ2v) is 24.7. The number of carbonyl (C=O) groups excluding carboxylic acids is 1. The van der Waals surface area contributed by atoms with Crippen molar-refractivity contribution in [2.75, 3.05) is 0 Å². The summed E-state index contributed by atoms with van der Waals surface area (Å²) in [4.78, 5) is 14.9. The van der Waals surface area contributed by atoms with Crippen LogP contribution in [0, 0.1) is 26.0 Å². The van der Waals surface area contributed by atoms with Crippen LogP contribution in [0.25, 0.3) is 140 Å². The average molecular weight is 771 g/mol. The molecular weight excluding hydrogens is 737 g/mol. The van der Waals surface area contributed by atoms with Gasteiger partial charge in [0.05, 0.1) is 5.56 Å². The van der Waals surface area contributed by atoms with E-state index in [2.05, 4.69) is 94.5 Å². The Kier molecular flexibility index (Phi) is 4.61. The molecule has 0 fully saturated rings.